The van der Waals surface area contributed by atoms with E-state index in [1.807, 2.05) is 0 Å². The molecule has 0 saturated heterocycles. The molecule has 116 valence electrons. The molecule has 1 aromatic heterocycles. The zero-order valence-electron chi connectivity index (χ0n) is 12.2. The predicted octanol–water partition coefficient (Wildman–Crippen LogP) is 2.99. The largest absolute Gasteiger partial charge is 0.444 e. The number of rotatable bonds is 3. The van der Waals surface area contributed by atoms with Gasteiger partial charge in [0.2, 0.25) is 0 Å². The molecule has 0 spiro atoms. The number of carbonyl (C=O) groups excluding carboxylic acids is 1. The maximum absolute atomic E-state index is 11.7. The van der Waals surface area contributed by atoms with Gasteiger partial charge in [-0.25, -0.2) is 4.79 Å². The van der Waals surface area contributed by atoms with Crippen LogP contribution in [-0.4, -0.2) is 26.8 Å². The van der Waals surface area contributed by atoms with E-state index >= 15 is 0 Å². The van der Waals surface area contributed by atoms with Gasteiger partial charge in [0.05, 0.1) is 4.92 Å². The van der Waals surface area contributed by atoms with Crippen molar-refractivity contribution in [2.75, 3.05) is 5.32 Å². The van der Waals surface area contributed by atoms with E-state index in [0.29, 0.717) is 5.56 Å². The Kier molecular flexibility index (Phi) is 4.06. The number of nitrogens with one attached hydrogen (secondary N) is 1. The van der Waals surface area contributed by atoms with Crippen LogP contribution in [0.2, 0.25) is 0 Å². The molecular weight excluding hydrogens is 292 g/mol. The number of hydrogen-bond acceptors (Lipinski definition) is 7. The molecule has 22 heavy (non-hydrogen) atoms. The first-order valence-electron chi connectivity index (χ1n) is 6.32. The minimum absolute atomic E-state index is 0.0162. The molecule has 2 aromatic rings. The van der Waals surface area contributed by atoms with Crippen LogP contribution in [0, 0.1) is 10.1 Å². The van der Waals surface area contributed by atoms with Gasteiger partial charge >= 0.3 is 6.09 Å². The van der Waals surface area contributed by atoms with Crippen molar-refractivity contribution in [3.8, 4) is 11.5 Å². The second-order valence-electron chi connectivity index (χ2n) is 5.36. The van der Waals surface area contributed by atoms with Gasteiger partial charge in [-0.15, -0.1) is 0 Å². The minimum Gasteiger partial charge on any atom is -0.444 e. The van der Waals surface area contributed by atoms with Crippen molar-refractivity contribution in [3.05, 3.63) is 34.6 Å². The van der Waals surface area contributed by atoms with E-state index in [2.05, 4.69) is 15.5 Å². The van der Waals surface area contributed by atoms with Crippen molar-refractivity contribution >= 4 is 17.5 Å². The molecule has 1 heterocycles. The zero-order valence-corrected chi connectivity index (χ0v) is 12.2. The van der Waals surface area contributed by atoms with Crippen LogP contribution in [0.25, 0.3) is 11.5 Å². The van der Waals surface area contributed by atoms with Crippen LogP contribution < -0.4 is 5.32 Å². The van der Waals surface area contributed by atoms with E-state index < -0.39 is 16.6 Å². The van der Waals surface area contributed by atoms with Gasteiger partial charge in [0.25, 0.3) is 11.6 Å². The molecule has 0 unspecified atom stereocenters. The van der Waals surface area contributed by atoms with E-state index in [9.17, 15) is 14.9 Å². The van der Waals surface area contributed by atoms with Gasteiger partial charge in [0, 0.05) is 11.6 Å². The highest BCUT2D eigenvalue weighted by Crippen LogP contribution is 2.30. The number of aromatic nitrogens is 2. The summed E-state index contributed by atoms with van der Waals surface area (Å²) in [4.78, 5) is 26.1. The van der Waals surface area contributed by atoms with E-state index in [4.69, 9.17) is 9.26 Å². The quantitative estimate of drug-likeness (QED) is 0.683. The Bertz CT molecular complexity index is 691. The standard InChI is InChI=1S/C13H14N4O5/c1-13(2,3)21-12(18)16-9-5-4-8(6-10(9)17(19)20)11-14-7-15-22-11/h4-7H,1-3H3,(H,16,18). The number of nitro groups is 1. The normalized spacial score (nSPS) is 11.0. The summed E-state index contributed by atoms with van der Waals surface area (Å²) in [6.45, 7) is 5.08. The lowest BCUT2D eigenvalue weighted by atomic mass is 10.1. The molecule has 0 atom stereocenters. The first-order chi connectivity index (χ1) is 10.3. The monoisotopic (exact) mass is 306 g/mol. The van der Waals surface area contributed by atoms with Gasteiger partial charge in [-0.3, -0.25) is 15.4 Å². The number of benzene rings is 1. The molecule has 0 saturated carbocycles. The number of nitro benzene ring substituents is 1. The van der Waals surface area contributed by atoms with E-state index in [1.54, 1.807) is 20.8 Å². The van der Waals surface area contributed by atoms with Gasteiger partial charge < -0.3 is 9.26 Å². The van der Waals surface area contributed by atoms with Crippen molar-refractivity contribution in [2.45, 2.75) is 26.4 Å². The van der Waals surface area contributed by atoms with Crippen LogP contribution >= 0.6 is 0 Å². The highest BCUT2D eigenvalue weighted by Gasteiger charge is 2.22. The fourth-order valence-electron chi connectivity index (χ4n) is 1.64. The number of hydrogen-bond donors (Lipinski definition) is 1. The first kappa shape index (κ1) is 15.4. The third-order valence-electron chi connectivity index (χ3n) is 2.44. The summed E-state index contributed by atoms with van der Waals surface area (Å²) in [7, 11) is 0. The summed E-state index contributed by atoms with van der Waals surface area (Å²) in [6.07, 6.45) is 0.412. The molecule has 0 fully saturated rings. The molecule has 0 bridgehead atoms. The second-order valence-corrected chi connectivity index (χ2v) is 5.36. The number of carbonyl (C=O) groups is 1. The summed E-state index contributed by atoms with van der Waals surface area (Å²) in [5.41, 5.74) is -0.620. The molecule has 9 nitrogen and oxygen atoms in total. The lowest BCUT2D eigenvalue weighted by Gasteiger charge is -2.19. The minimum atomic E-state index is -0.777. The fourth-order valence-corrected chi connectivity index (χ4v) is 1.64. The highest BCUT2D eigenvalue weighted by molar-refractivity contribution is 5.89. The van der Waals surface area contributed by atoms with Gasteiger partial charge in [0.15, 0.2) is 6.33 Å². The molecule has 2 rings (SSSR count). The van der Waals surface area contributed by atoms with Crippen LogP contribution in [0.4, 0.5) is 16.2 Å². The zero-order chi connectivity index (χ0) is 16.3. The van der Waals surface area contributed by atoms with Gasteiger partial charge in [0.1, 0.15) is 11.3 Å². The van der Waals surface area contributed by atoms with Crippen molar-refractivity contribution in [1.29, 1.82) is 0 Å². The summed E-state index contributed by atoms with van der Waals surface area (Å²) in [5.74, 6) is 0.145. The van der Waals surface area contributed by atoms with Gasteiger partial charge in [-0.05, 0) is 32.9 Å². The van der Waals surface area contributed by atoms with Crippen LogP contribution in [0.1, 0.15) is 20.8 Å². The Labute approximate surface area is 125 Å². The Morgan fingerprint density at radius 2 is 2.14 bits per heavy atom. The SMILES string of the molecule is CC(C)(C)OC(=O)Nc1ccc(-c2ncno2)cc1[N+](=O)[O-]. The molecule has 1 N–H and O–H groups in total. The summed E-state index contributed by atoms with van der Waals surface area (Å²) >= 11 is 0. The predicted molar refractivity (Wildman–Crippen MR) is 76.2 cm³/mol. The van der Waals surface area contributed by atoms with Crippen LogP contribution in [0.5, 0.6) is 0 Å². The summed E-state index contributed by atoms with van der Waals surface area (Å²) < 4.78 is 9.91. The maximum Gasteiger partial charge on any atom is 0.412 e. The summed E-state index contributed by atoms with van der Waals surface area (Å²) in [6, 6.07) is 4.13. The third-order valence-corrected chi connectivity index (χ3v) is 2.44. The third kappa shape index (κ3) is 3.78. The number of ether oxygens (including phenoxy) is 1. The molecule has 0 aliphatic heterocycles. The average Bonchev–Trinajstić information content (AvgIpc) is 2.90. The van der Waals surface area contributed by atoms with Crippen LogP contribution in [0.3, 0.4) is 0 Å². The number of amides is 1. The van der Waals surface area contributed by atoms with Gasteiger partial charge in [-0.1, -0.05) is 5.16 Å². The van der Waals surface area contributed by atoms with E-state index in [0.717, 1.165) is 0 Å². The van der Waals surface area contributed by atoms with Crippen LogP contribution in [0.15, 0.2) is 29.0 Å². The fraction of sp³-hybridized carbons (Fsp3) is 0.308. The molecule has 1 aromatic carbocycles. The van der Waals surface area contributed by atoms with Crippen molar-refractivity contribution in [3.63, 3.8) is 0 Å². The van der Waals surface area contributed by atoms with Crippen LogP contribution in [-0.2, 0) is 4.74 Å². The highest BCUT2D eigenvalue weighted by atomic mass is 16.6. The Balaban J connectivity index is 2.28. The lowest BCUT2D eigenvalue weighted by molar-refractivity contribution is -0.383. The number of anilines is 1. The molecule has 0 aliphatic rings. The van der Waals surface area contributed by atoms with Crippen molar-refractivity contribution < 1.29 is 19.0 Å². The van der Waals surface area contributed by atoms with E-state index in [-0.39, 0.29) is 17.3 Å². The molecule has 9 heteroatoms. The summed E-state index contributed by atoms with van der Waals surface area (Å²) in [5, 5.41) is 16.9. The number of nitrogens with zero attached hydrogens (tertiary/aromatic N) is 3. The molecule has 0 radical (unpaired) electrons. The van der Waals surface area contributed by atoms with Crippen molar-refractivity contribution in [2.24, 2.45) is 0 Å². The lowest BCUT2D eigenvalue weighted by Crippen LogP contribution is -2.27. The second kappa shape index (κ2) is 5.80. The van der Waals surface area contributed by atoms with Gasteiger partial charge in [-0.2, -0.15) is 4.98 Å². The average molecular weight is 306 g/mol. The Morgan fingerprint density at radius 1 is 1.41 bits per heavy atom. The first-order valence-corrected chi connectivity index (χ1v) is 6.32. The molecule has 0 aliphatic carbocycles. The maximum atomic E-state index is 11.7. The van der Waals surface area contributed by atoms with E-state index in [1.165, 1.54) is 24.5 Å². The van der Waals surface area contributed by atoms with Crippen molar-refractivity contribution in [1.82, 2.24) is 10.1 Å². The molecule has 1 amide bonds. The topological polar surface area (TPSA) is 120 Å². The smallest absolute Gasteiger partial charge is 0.412 e. The Morgan fingerprint density at radius 3 is 2.68 bits per heavy atom. The molecular formula is C13H14N4O5. The Hall–Kier alpha value is -2.97.